The third-order valence-corrected chi connectivity index (χ3v) is 4.13. The van der Waals surface area contributed by atoms with Crippen LogP contribution in [-0.4, -0.2) is 14.9 Å². The predicted molar refractivity (Wildman–Crippen MR) is 99.9 cm³/mol. The maximum Gasteiger partial charge on any atom is 0.353 e. The molecule has 126 valence electrons. The van der Waals surface area contributed by atoms with Gasteiger partial charge in [0, 0.05) is 11.0 Å². The van der Waals surface area contributed by atoms with Gasteiger partial charge in [0.25, 0.3) is 0 Å². The van der Waals surface area contributed by atoms with Gasteiger partial charge in [0.15, 0.2) is 0 Å². The number of hydrogen-bond acceptors (Lipinski definition) is 6. The zero-order valence-corrected chi connectivity index (χ0v) is 14.6. The van der Waals surface area contributed by atoms with Crippen molar-refractivity contribution in [2.45, 2.75) is 6.54 Å². The molecule has 2 N–H and O–H groups in total. The number of anilines is 3. The van der Waals surface area contributed by atoms with Gasteiger partial charge in [-0.2, -0.15) is 0 Å². The van der Waals surface area contributed by atoms with Crippen LogP contribution in [0.1, 0.15) is 5.56 Å². The Balaban J connectivity index is 1.89. The van der Waals surface area contributed by atoms with Crippen LogP contribution in [0.3, 0.4) is 0 Å². The molecule has 25 heavy (non-hydrogen) atoms. The monoisotopic (exact) mass is 399 g/mol. The number of nitrogens with one attached hydrogen (secondary N) is 2. The maximum absolute atomic E-state index is 11.6. The third kappa shape index (κ3) is 4.10. The second-order valence-corrected chi connectivity index (χ2v) is 5.97. The second kappa shape index (κ2) is 7.71. The number of para-hydroxylation sites is 1. The molecule has 0 radical (unpaired) electrons. The summed E-state index contributed by atoms with van der Waals surface area (Å²) >= 11 is 3.40. The van der Waals surface area contributed by atoms with Crippen molar-refractivity contribution in [1.82, 2.24) is 9.97 Å². The summed E-state index contributed by atoms with van der Waals surface area (Å²) in [5.41, 5.74) is 1.48. The van der Waals surface area contributed by atoms with Crippen molar-refractivity contribution in [1.29, 1.82) is 0 Å². The van der Waals surface area contributed by atoms with Gasteiger partial charge in [0.1, 0.15) is 6.33 Å². The smallest absolute Gasteiger partial charge is 0.353 e. The largest absolute Gasteiger partial charge is 0.360 e. The fourth-order valence-corrected chi connectivity index (χ4v) is 2.63. The Bertz CT molecular complexity index is 889. The van der Waals surface area contributed by atoms with E-state index in [-0.39, 0.29) is 17.3 Å². The van der Waals surface area contributed by atoms with Gasteiger partial charge in [0.05, 0.1) is 10.6 Å². The molecule has 3 aromatic rings. The normalized spacial score (nSPS) is 10.3. The van der Waals surface area contributed by atoms with E-state index < -0.39 is 4.92 Å². The SMILES string of the molecule is O=[N+]([O-])c1c(NCc2ccccc2)ncnc1Nc1ccccc1Br. The Kier molecular flexibility index (Phi) is 5.20. The molecule has 0 spiro atoms. The van der Waals surface area contributed by atoms with Gasteiger partial charge in [-0.1, -0.05) is 42.5 Å². The van der Waals surface area contributed by atoms with Crippen LogP contribution in [0.4, 0.5) is 23.0 Å². The maximum atomic E-state index is 11.6. The summed E-state index contributed by atoms with van der Waals surface area (Å²) in [6, 6.07) is 16.9. The van der Waals surface area contributed by atoms with Crippen molar-refractivity contribution >= 4 is 38.9 Å². The highest BCUT2D eigenvalue weighted by molar-refractivity contribution is 9.10. The molecule has 0 aliphatic rings. The molecule has 0 atom stereocenters. The first-order valence-corrected chi connectivity index (χ1v) is 8.23. The molecule has 8 heteroatoms. The number of rotatable bonds is 6. The van der Waals surface area contributed by atoms with Gasteiger partial charge in [-0.15, -0.1) is 0 Å². The fourth-order valence-electron chi connectivity index (χ4n) is 2.24. The number of aromatic nitrogens is 2. The summed E-state index contributed by atoms with van der Waals surface area (Å²) in [6.07, 6.45) is 1.29. The molecule has 0 aliphatic heterocycles. The zero-order valence-electron chi connectivity index (χ0n) is 13.0. The number of nitro groups is 1. The summed E-state index contributed by atoms with van der Waals surface area (Å²) in [7, 11) is 0. The van der Waals surface area contributed by atoms with E-state index in [4.69, 9.17) is 0 Å². The first-order valence-electron chi connectivity index (χ1n) is 7.44. The van der Waals surface area contributed by atoms with E-state index in [1.54, 1.807) is 6.07 Å². The number of halogens is 1. The van der Waals surface area contributed by atoms with E-state index in [0.717, 1.165) is 10.0 Å². The van der Waals surface area contributed by atoms with Crippen LogP contribution in [-0.2, 0) is 6.54 Å². The highest BCUT2D eigenvalue weighted by Gasteiger charge is 2.23. The highest BCUT2D eigenvalue weighted by atomic mass is 79.9. The van der Waals surface area contributed by atoms with Gasteiger partial charge in [-0.3, -0.25) is 10.1 Å². The van der Waals surface area contributed by atoms with Gasteiger partial charge in [0.2, 0.25) is 11.6 Å². The molecule has 0 saturated carbocycles. The van der Waals surface area contributed by atoms with E-state index in [2.05, 4.69) is 36.5 Å². The van der Waals surface area contributed by atoms with Gasteiger partial charge in [-0.05, 0) is 33.6 Å². The van der Waals surface area contributed by atoms with Gasteiger partial charge in [-0.25, -0.2) is 9.97 Å². The highest BCUT2D eigenvalue weighted by Crippen LogP contribution is 2.33. The first kappa shape index (κ1) is 16.8. The summed E-state index contributed by atoms with van der Waals surface area (Å²) in [4.78, 5) is 19.1. The zero-order chi connectivity index (χ0) is 17.6. The summed E-state index contributed by atoms with van der Waals surface area (Å²) < 4.78 is 0.779. The Morgan fingerprint density at radius 3 is 2.40 bits per heavy atom. The van der Waals surface area contributed by atoms with Crippen LogP contribution in [0, 0.1) is 10.1 Å². The van der Waals surface area contributed by atoms with E-state index in [1.165, 1.54) is 6.33 Å². The molecule has 1 aromatic heterocycles. The Hall–Kier alpha value is -3.00. The van der Waals surface area contributed by atoms with Crippen LogP contribution in [0.2, 0.25) is 0 Å². The average Bonchev–Trinajstić information content (AvgIpc) is 2.62. The van der Waals surface area contributed by atoms with Crippen molar-refractivity contribution in [2.24, 2.45) is 0 Å². The Morgan fingerprint density at radius 2 is 1.68 bits per heavy atom. The molecule has 0 unspecified atom stereocenters. The van der Waals surface area contributed by atoms with Crippen molar-refractivity contribution in [3.8, 4) is 0 Å². The summed E-state index contributed by atoms with van der Waals surface area (Å²) in [5.74, 6) is 0.292. The topological polar surface area (TPSA) is 93.0 Å². The minimum atomic E-state index is -0.494. The van der Waals surface area contributed by atoms with Crippen LogP contribution in [0.15, 0.2) is 65.4 Å². The lowest BCUT2D eigenvalue weighted by atomic mass is 10.2. The summed E-state index contributed by atoms with van der Waals surface area (Å²) in [6.45, 7) is 0.424. The molecule has 0 bridgehead atoms. The lowest BCUT2D eigenvalue weighted by Gasteiger charge is -2.11. The third-order valence-electron chi connectivity index (χ3n) is 3.43. The van der Waals surface area contributed by atoms with E-state index in [9.17, 15) is 10.1 Å². The van der Waals surface area contributed by atoms with Crippen molar-refractivity contribution in [3.05, 3.63) is 81.1 Å². The molecule has 0 saturated heterocycles. The summed E-state index contributed by atoms with van der Waals surface area (Å²) in [5, 5.41) is 17.6. The standard InChI is InChI=1S/C17H14BrN5O2/c18-13-8-4-5-9-14(13)22-17-15(23(24)25)16(20-11-21-17)19-10-12-6-2-1-3-7-12/h1-9,11H,10H2,(H2,19,20,21,22). The average molecular weight is 400 g/mol. The quantitative estimate of drug-likeness (QED) is 0.468. The van der Waals surface area contributed by atoms with E-state index >= 15 is 0 Å². The molecule has 0 amide bonds. The van der Waals surface area contributed by atoms with Crippen LogP contribution in [0.5, 0.6) is 0 Å². The van der Waals surface area contributed by atoms with Gasteiger partial charge >= 0.3 is 5.69 Å². The fraction of sp³-hybridized carbons (Fsp3) is 0.0588. The molecule has 0 fully saturated rings. The lowest BCUT2D eigenvalue weighted by Crippen LogP contribution is -2.08. The van der Waals surface area contributed by atoms with Crippen LogP contribution >= 0.6 is 15.9 Å². The molecule has 0 aliphatic carbocycles. The molecule has 1 heterocycles. The molecule has 3 rings (SSSR count). The molecule has 2 aromatic carbocycles. The van der Waals surface area contributed by atoms with Gasteiger partial charge < -0.3 is 10.6 Å². The molecule has 7 nitrogen and oxygen atoms in total. The molecular formula is C17H14BrN5O2. The second-order valence-electron chi connectivity index (χ2n) is 5.12. The Labute approximate surface area is 152 Å². The number of benzene rings is 2. The minimum Gasteiger partial charge on any atom is -0.360 e. The minimum absolute atomic E-state index is 0.127. The van der Waals surface area contributed by atoms with E-state index in [0.29, 0.717) is 12.2 Å². The number of hydrogen-bond donors (Lipinski definition) is 2. The van der Waals surface area contributed by atoms with Crippen LogP contribution in [0.25, 0.3) is 0 Å². The van der Waals surface area contributed by atoms with Crippen molar-refractivity contribution in [3.63, 3.8) is 0 Å². The molecular weight excluding hydrogens is 386 g/mol. The lowest BCUT2D eigenvalue weighted by molar-refractivity contribution is -0.383. The number of nitrogens with zero attached hydrogens (tertiary/aromatic N) is 3. The van der Waals surface area contributed by atoms with Crippen molar-refractivity contribution < 1.29 is 4.92 Å². The van der Waals surface area contributed by atoms with E-state index in [1.807, 2.05) is 48.5 Å². The van der Waals surface area contributed by atoms with Crippen LogP contribution < -0.4 is 10.6 Å². The predicted octanol–water partition coefficient (Wildman–Crippen LogP) is 4.50. The Morgan fingerprint density at radius 1 is 1.00 bits per heavy atom. The first-order chi connectivity index (χ1) is 12.1. The van der Waals surface area contributed by atoms with Crippen molar-refractivity contribution in [2.75, 3.05) is 10.6 Å².